The molecule has 1 aromatic rings. The van der Waals surface area contributed by atoms with Gasteiger partial charge in [-0.3, -0.25) is 0 Å². The molecule has 0 aromatic heterocycles. The van der Waals surface area contributed by atoms with Gasteiger partial charge in [-0.1, -0.05) is 13.8 Å². The molecule has 2 atom stereocenters. The van der Waals surface area contributed by atoms with Crippen molar-refractivity contribution in [2.75, 3.05) is 13.1 Å². The normalized spacial score (nSPS) is 24.2. The average molecular weight is 338 g/mol. The number of hydrogen-bond donors (Lipinski definition) is 0. The van der Waals surface area contributed by atoms with Crippen molar-refractivity contribution < 1.29 is 17.2 Å². The Balaban J connectivity index is 2.45. The highest BCUT2D eigenvalue weighted by Crippen LogP contribution is 2.29. The van der Waals surface area contributed by atoms with Crippen LogP contribution in [0, 0.1) is 23.5 Å². The number of piperidine rings is 1. The van der Waals surface area contributed by atoms with Crippen LogP contribution in [0.3, 0.4) is 0 Å². The van der Waals surface area contributed by atoms with Crippen molar-refractivity contribution in [3.05, 3.63) is 29.3 Å². The topological polar surface area (TPSA) is 37.4 Å². The third-order valence-corrected chi connectivity index (χ3v) is 5.85. The zero-order valence-electron chi connectivity index (χ0n) is 11.9. The zero-order valence-corrected chi connectivity index (χ0v) is 13.5. The van der Waals surface area contributed by atoms with Gasteiger partial charge in [-0.05, 0) is 30.4 Å². The van der Waals surface area contributed by atoms with E-state index in [0.29, 0.717) is 13.1 Å². The minimum Gasteiger partial charge on any atom is -0.207 e. The van der Waals surface area contributed by atoms with Gasteiger partial charge in [-0.15, -0.1) is 11.6 Å². The van der Waals surface area contributed by atoms with E-state index in [1.807, 2.05) is 13.8 Å². The Morgan fingerprint density at radius 2 is 1.81 bits per heavy atom. The number of hydrogen-bond acceptors (Lipinski definition) is 2. The number of nitrogens with zero attached hydrogens (tertiary/aromatic N) is 1. The molecule has 21 heavy (non-hydrogen) atoms. The van der Waals surface area contributed by atoms with Crippen LogP contribution in [-0.2, 0) is 15.9 Å². The minimum absolute atomic E-state index is 0.208. The summed E-state index contributed by atoms with van der Waals surface area (Å²) in [7, 11) is -3.97. The second-order valence-electron chi connectivity index (χ2n) is 5.74. The fraction of sp³-hybridized carbons (Fsp3) is 0.571. The van der Waals surface area contributed by atoms with Gasteiger partial charge in [0.25, 0.3) is 0 Å². The highest BCUT2D eigenvalue weighted by Gasteiger charge is 2.34. The maximum Gasteiger partial charge on any atom is 0.246 e. The molecule has 7 heteroatoms. The van der Waals surface area contributed by atoms with Crippen LogP contribution in [0.4, 0.5) is 8.78 Å². The van der Waals surface area contributed by atoms with Gasteiger partial charge in [0.05, 0.1) is 5.88 Å². The molecular weight excluding hydrogens is 320 g/mol. The highest BCUT2D eigenvalue weighted by atomic mass is 35.5. The monoisotopic (exact) mass is 337 g/mol. The Bertz CT molecular complexity index is 626. The van der Waals surface area contributed by atoms with Gasteiger partial charge in [-0.25, -0.2) is 17.2 Å². The Morgan fingerprint density at radius 3 is 2.33 bits per heavy atom. The van der Waals surface area contributed by atoms with E-state index in [1.54, 1.807) is 0 Å². The molecule has 1 aliphatic rings. The van der Waals surface area contributed by atoms with Crippen molar-refractivity contribution in [1.29, 1.82) is 0 Å². The first-order chi connectivity index (χ1) is 9.77. The Labute approximate surface area is 129 Å². The smallest absolute Gasteiger partial charge is 0.207 e. The van der Waals surface area contributed by atoms with E-state index in [2.05, 4.69) is 0 Å². The third-order valence-electron chi connectivity index (χ3n) is 3.74. The first-order valence-electron chi connectivity index (χ1n) is 6.80. The van der Waals surface area contributed by atoms with Gasteiger partial charge < -0.3 is 0 Å². The lowest BCUT2D eigenvalue weighted by molar-refractivity contribution is 0.222. The minimum atomic E-state index is -3.97. The predicted octanol–water partition coefficient (Wildman–Crippen LogP) is 3.37. The lowest BCUT2D eigenvalue weighted by Gasteiger charge is -2.34. The summed E-state index contributed by atoms with van der Waals surface area (Å²) < 4.78 is 54.2. The molecule has 0 N–H and O–H groups in total. The van der Waals surface area contributed by atoms with Crippen molar-refractivity contribution in [2.24, 2.45) is 11.8 Å². The molecule has 1 aromatic carbocycles. The molecule has 118 valence electrons. The number of sulfonamides is 1. The summed E-state index contributed by atoms with van der Waals surface area (Å²) in [5, 5.41) is 0. The summed E-state index contributed by atoms with van der Waals surface area (Å²) in [6.07, 6.45) is 0.935. The Kier molecular flexibility index (Phi) is 4.90. The van der Waals surface area contributed by atoms with Gasteiger partial charge in [-0.2, -0.15) is 4.31 Å². The number of benzene rings is 1. The average Bonchev–Trinajstić information content (AvgIpc) is 2.37. The largest absolute Gasteiger partial charge is 0.246 e. The predicted molar refractivity (Wildman–Crippen MR) is 77.6 cm³/mol. The van der Waals surface area contributed by atoms with Crippen LogP contribution in [0.1, 0.15) is 25.8 Å². The van der Waals surface area contributed by atoms with Gasteiger partial charge in [0, 0.05) is 18.7 Å². The molecule has 0 saturated carbocycles. The summed E-state index contributed by atoms with van der Waals surface area (Å²) in [4.78, 5) is -0.499. The molecule has 1 saturated heterocycles. The maximum absolute atomic E-state index is 14.2. The molecular formula is C14H18ClF2NO2S. The SMILES string of the molecule is CC1CC(C)CN(S(=O)(=O)c2ccc(F)c(CCl)c2F)C1. The molecule has 1 aliphatic heterocycles. The van der Waals surface area contributed by atoms with Crippen molar-refractivity contribution >= 4 is 21.6 Å². The lowest BCUT2D eigenvalue weighted by atomic mass is 9.94. The van der Waals surface area contributed by atoms with Crippen molar-refractivity contribution in [1.82, 2.24) is 4.31 Å². The molecule has 0 spiro atoms. The van der Waals surface area contributed by atoms with E-state index in [-0.39, 0.29) is 11.8 Å². The molecule has 3 nitrogen and oxygen atoms in total. The van der Waals surface area contributed by atoms with Crippen molar-refractivity contribution in [2.45, 2.75) is 31.0 Å². The van der Waals surface area contributed by atoms with Crippen LogP contribution in [0.15, 0.2) is 17.0 Å². The quantitative estimate of drug-likeness (QED) is 0.793. The molecule has 0 amide bonds. The number of alkyl halides is 1. The van der Waals surface area contributed by atoms with Crippen LogP contribution < -0.4 is 0 Å². The fourth-order valence-electron chi connectivity index (χ4n) is 2.84. The molecule has 0 radical (unpaired) electrons. The van der Waals surface area contributed by atoms with E-state index in [1.165, 1.54) is 4.31 Å². The first kappa shape index (κ1) is 16.6. The summed E-state index contributed by atoms with van der Waals surface area (Å²) in [6, 6.07) is 1.92. The molecule has 1 fully saturated rings. The van der Waals surface area contributed by atoms with Gasteiger partial charge in [0.1, 0.15) is 10.7 Å². The summed E-state index contributed by atoms with van der Waals surface area (Å²) in [6.45, 7) is 4.62. The van der Waals surface area contributed by atoms with Crippen LogP contribution in [0.25, 0.3) is 0 Å². The zero-order chi connectivity index (χ0) is 15.8. The second-order valence-corrected chi connectivity index (χ2v) is 7.91. The molecule has 1 heterocycles. The summed E-state index contributed by atoms with van der Waals surface area (Å²) in [5.74, 6) is -1.91. The van der Waals surface area contributed by atoms with Gasteiger partial charge >= 0.3 is 0 Å². The van der Waals surface area contributed by atoms with E-state index in [4.69, 9.17) is 11.6 Å². The summed E-state index contributed by atoms with van der Waals surface area (Å²) in [5.41, 5.74) is -0.407. The number of halogens is 3. The van der Waals surface area contributed by atoms with Crippen LogP contribution in [0.2, 0.25) is 0 Å². The lowest BCUT2D eigenvalue weighted by Crippen LogP contribution is -2.42. The van der Waals surface area contributed by atoms with Crippen molar-refractivity contribution in [3.8, 4) is 0 Å². The molecule has 2 rings (SSSR count). The highest BCUT2D eigenvalue weighted by molar-refractivity contribution is 7.89. The van der Waals surface area contributed by atoms with E-state index >= 15 is 0 Å². The van der Waals surface area contributed by atoms with E-state index in [0.717, 1.165) is 18.6 Å². The maximum atomic E-state index is 14.2. The van der Waals surface area contributed by atoms with Crippen LogP contribution >= 0.6 is 11.6 Å². The van der Waals surface area contributed by atoms with Crippen LogP contribution in [-0.4, -0.2) is 25.8 Å². The first-order valence-corrected chi connectivity index (χ1v) is 8.77. The molecule has 0 aliphatic carbocycles. The van der Waals surface area contributed by atoms with Crippen molar-refractivity contribution in [3.63, 3.8) is 0 Å². The fourth-order valence-corrected chi connectivity index (χ4v) is 4.85. The van der Waals surface area contributed by atoms with E-state index < -0.39 is 38.0 Å². The van der Waals surface area contributed by atoms with Gasteiger partial charge in [0.15, 0.2) is 5.82 Å². The van der Waals surface area contributed by atoms with E-state index in [9.17, 15) is 17.2 Å². The van der Waals surface area contributed by atoms with Crippen LogP contribution in [0.5, 0.6) is 0 Å². The Hall–Kier alpha value is -0.720. The Morgan fingerprint density at radius 1 is 1.24 bits per heavy atom. The standard InChI is InChI=1S/C14H18ClF2NO2S/c1-9-5-10(2)8-18(7-9)21(19,20)13-4-3-12(16)11(6-15)14(13)17/h3-4,9-10H,5-8H2,1-2H3. The third kappa shape index (κ3) is 3.22. The van der Waals surface area contributed by atoms with Gasteiger partial charge in [0.2, 0.25) is 10.0 Å². The summed E-state index contributed by atoms with van der Waals surface area (Å²) >= 11 is 5.50. The number of rotatable bonds is 3. The second kappa shape index (κ2) is 6.18. The molecule has 0 bridgehead atoms. The molecule has 2 unspecified atom stereocenters.